The summed E-state index contributed by atoms with van der Waals surface area (Å²) in [5, 5.41) is 11.2. The molecule has 0 unspecified atom stereocenters. The molecule has 0 spiro atoms. The lowest BCUT2D eigenvalue weighted by Gasteiger charge is -2.36. The first-order valence-electron chi connectivity index (χ1n) is 7.83. The van der Waals surface area contributed by atoms with Gasteiger partial charge in [0.25, 0.3) is 5.69 Å². The van der Waals surface area contributed by atoms with Crippen molar-refractivity contribution in [1.29, 1.82) is 0 Å². The van der Waals surface area contributed by atoms with Gasteiger partial charge in [0.1, 0.15) is 0 Å². The van der Waals surface area contributed by atoms with Crippen LogP contribution in [-0.2, 0) is 6.54 Å². The average molecular weight is 291 g/mol. The predicted octanol–water partition coefficient (Wildman–Crippen LogP) is 3.08. The first-order chi connectivity index (χ1) is 10.1. The highest BCUT2D eigenvalue weighted by Crippen LogP contribution is 2.26. The molecule has 0 amide bonds. The summed E-state index contributed by atoms with van der Waals surface area (Å²) in [6.45, 7) is 3.79. The Morgan fingerprint density at radius 3 is 2.57 bits per heavy atom. The molecule has 116 valence electrons. The van der Waals surface area contributed by atoms with Gasteiger partial charge in [0.2, 0.25) is 0 Å². The van der Waals surface area contributed by atoms with E-state index in [-0.39, 0.29) is 10.6 Å². The molecule has 1 aliphatic rings. The van der Waals surface area contributed by atoms with Gasteiger partial charge in [-0.05, 0) is 38.6 Å². The van der Waals surface area contributed by atoms with E-state index in [2.05, 4.69) is 11.8 Å². The molecule has 0 heterocycles. The van der Waals surface area contributed by atoms with Gasteiger partial charge in [0.05, 0.1) is 4.92 Å². The number of hydrogen-bond donors (Lipinski definition) is 1. The van der Waals surface area contributed by atoms with E-state index in [4.69, 9.17) is 5.73 Å². The normalized spacial score (nSPS) is 22.4. The van der Waals surface area contributed by atoms with Gasteiger partial charge in [0, 0.05) is 30.3 Å². The Balaban J connectivity index is 2.11. The number of nitrogens with zero attached hydrogens (tertiary/aromatic N) is 2. The fourth-order valence-electron chi connectivity index (χ4n) is 3.19. The lowest BCUT2D eigenvalue weighted by molar-refractivity contribution is -0.385. The minimum absolute atomic E-state index is 0.228. The third-order valence-corrected chi connectivity index (χ3v) is 4.33. The SMILES string of the molecule is CCCN(Cc1ccccc1[N+](=O)[O-])C1CCC(N)CC1. The zero-order chi connectivity index (χ0) is 15.2. The second kappa shape index (κ2) is 7.52. The monoisotopic (exact) mass is 291 g/mol. The summed E-state index contributed by atoms with van der Waals surface area (Å²) in [6.07, 6.45) is 5.37. The number of nitro groups is 1. The zero-order valence-corrected chi connectivity index (χ0v) is 12.7. The summed E-state index contributed by atoms with van der Waals surface area (Å²) >= 11 is 0. The van der Waals surface area contributed by atoms with E-state index in [1.54, 1.807) is 12.1 Å². The van der Waals surface area contributed by atoms with Crippen LogP contribution in [-0.4, -0.2) is 28.5 Å². The molecule has 5 heteroatoms. The van der Waals surface area contributed by atoms with Crippen molar-refractivity contribution < 1.29 is 4.92 Å². The van der Waals surface area contributed by atoms with Crippen LogP contribution in [0, 0.1) is 10.1 Å². The van der Waals surface area contributed by atoms with Crippen LogP contribution in [0.1, 0.15) is 44.6 Å². The van der Waals surface area contributed by atoms with E-state index >= 15 is 0 Å². The topological polar surface area (TPSA) is 72.4 Å². The summed E-state index contributed by atoms with van der Waals surface area (Å²) in [5.74, 6) is 0. The van der Waals surface area contributed by atoms with Crippen LogP contribution in [0.3, 0.4) is 0 Å². The molecule has 1 saturated carbocycles. The van der Waals surface area contributed by atoms with E-state index in [0.29, 0.717) is 18.6 Å². The molecule has 0 saturated heterocycles. The van der Waals surface area contributed by atoms with Crippen molar-refractivity contribution in [2.75, 3.05) is 6.54 Å². The third-order valence-electron chi connectivity index (χ3n) is 4.33. The Morgan fingerprint density at radius 2 is 1.95 bits per heavy atom. The van der Waals surface area contributed by atoms with Gasteiger partial charge < -0.3 is 5.73 Å². The Morgan fingerprint density at radius 1 is 1.29 bits per heavy atom. The molecule has 0 atom stereocenters. The van der Waals surface area contributed by atoms with Crippen LogP contribution < -0.4 is 5.73 Å². The number of nitro benzene ring substituents is 1. The molecule has 21 heavy (non-hydrogen) atoms. The molecule has 2 rings (SSSR count). The predicted molar refractivity (Wildman–Crippen MR) is 84.0 cm³/mol. The largest absolute Gasteiger partial charge is 0.328 e. The van der Waals surface area contributed by atoms with E-state index < -0.39 is 0 Å². The molecule has 2 N–H and O–H groups in total. The first kappa shape index (κ1) is 15.9. The maximum absolute atomic E-state index is 11.2. The fraction of sp³-hybridized carbons (Fsp3) is 0.625. The Kier molecular flexibility index (Phi) is 5.70. The van der Waals surface area contributed by atoms with Crippen LogP contribution in [0.5, 0.6) is 0 Å². The molecule has 0 aromatic heterocycles. The maximum atomic E-state index is 11.2. The molecule has 1 aliphatic carbocycles. The quantitative estimate of drug-likeness (QED) is 0.645. The molecular formula is C16H25N3O2. The summed E-state index contributed by atoms with van der Waals surface area (Å²) in [5.41, 5.74) is 7.02. The number of rotatable bonds is 6. The maximum Gasteiger partial charge on any atom is 0.273 e. The van der Waals surface area contributed by atoms with Crippen LogP contribution in [0.2, 0.25) is 0 Å². The molecule has 5 nitrogen and oxygen atoms in total. The Hall–Kier alpha value is -1.46. The summed E-state index contributed by atoms with van der Waals surface area (Å²) in [7, 11) is 0. The molecule has 0 bridgehead atoms. The number of benzene rings is 1. The van der Waals surface area contributed by atoms with E-state index in [1.165, 1.54) is 0 Å². The van der Waals surface area contributed by atoms with E-state index in [0.717, 1.165) is 44.2 Å². The highest BCUT2D eigenvalue weighted by molar-refractivity contribution is 5.39. The van der Waals surface area contributed by atoms with Gasteiger partial charge in [-0.25, -0.2) is 0 Å². The molecule has 0 aliphatic heterocycles. The summed E-state index contributed by atoms with van der Waals surface area (Å²) in [4.78, 5) is 13.3. The number of para-hydroxylation sites is 1. The molecule has 1 aromatic carbocycles. The second-order valence-electron chi connectivity index (χ2n) is 5.92. The fourth-order valence-corrected chi connectivity index (χ4v) is 3.19. The zero-order valence-electron chi connectivity index (χ0n) is 12.7. The third kappa shape index (κ3) is 4.25. The van der Waals surface area contributed by atoms with Crippen molar-refractivity contribution in [2.45, 2.75) is 57.7 Å². The van der Waals surface area contributed by atoms with Crippen molar-refractivity contribution in [3.8, 4) is 0 Å². The van der Waals surface area contributed by atoms with Crippen LogP contribution >= 0.6 is 0 Å². The minimum Gasteiger partial charge on any atom is -0.328 e. The van der Waals surface area contributed by atoms with E-state index in [9.17, 15) is 10.1 Å². The summed E-state index contributed by atoms with van der Waals surface area (Å²) < 4.78 is 0. The molecule has 0 radical (unpaired) electrons. The standard InChI is InChI=1S/C16H25N3O2/c1-2-11-18(15-9-7-14(17)8-10-15)12-13-5-3-4-6-16(13)19(20)21/h3-6,14-15H,2,7-12,17H2,1H3. The van der Waals surface area contributed by atoms with Crippen LogP contribution in [0.25, 0.3) is 0 Å². The first-order valence-corrected chi connectivity index (χ1v) is 7.83. The number of nitrogens with two attached hydrogens (primary N) is 1. The van der Waals surface area contributed by atoms with Crippen molar-refractivity contribution >= 4 is 5.69 Å². The lowest BCUT2D eigenvalue weighted by atomic mass is 9.90. The van der Waals surface area contributed by atoms with Gasteiger partial charge in [-0.3, -0.25) is 15.0 Å². The van der Waals surface area contributed by atoms with Gasteiger partial charge in [-0.15, -0.1) is 0 Å². The minimum atomic E-state index is -0.282. The van der Waals surface area contributed by atoms with Crippen molar-refractivity contribution in [1.82, 2.24) is 4.90 Å². The van der Waals surface area contributed by atoms with Gasteiger partial charge in [-0.2, -0.15) is 0 Å². The lowest BCUT2D eigenvalue weighted by Crippen LogP contribution is -2.41. The van der Waals surface area contributed by atoms with Gasteiger partial charge >= 0.3 is 0 Å². The average Bonchev–Trinajstić information content (AvgIpc) is 2.48. The molecule has 1 fully saturated rings. The number of hydrogen-bond acceptors (Lipinski definition) is 4. The van der Waals surface area contributed by atoms with Crippen molar-refractivity contribution in [3.05, 3.63) is 39.9 Å². The molecule has 1 aromatic rings. The second-order valence-corrected chi connectivity index (χ2v) is 5.92. The van der Waals surface area contributed by atoms with Gasteiger partial charge in [0.15, 0.2) is 0 Å². The Bertz CT molecular complexity index is 470. The Labute approximate surface area is 126 Å². The summed E-state index contributed by atoms with van der Waals surface area (Å²) in [6, 6.07) is 7.90. The van der Waals surface area contributed by atoms with Gasteiger partial charge in [-0.1, -0.05) is 25.1 Å². The van der Waals surface area contributed by atoms with Crippen molar-refractivity contribution in [2.24, 2.45) is 5.73 Å². The highest BCUT2D eigenvalue weighted by Gasteiger charge is 2.25. The van der Waals surface area contributed by atoms with Crippen LogP contribution in [0.15, 0.2) is 24.3 Å². The molecular weight excluding hydrogens is 266 g/mol. The van der Waals surface area contributed by atoms with Crippen LogP contribution in [0.4, 0.5) is 5.69 Å². The highest BCUT2D eigenvalue weighted by atomic mass is 16.6. The van der Waals surface area contributed by atoms with E-state index in [1.807, 2.05) is 12.1 Å². The van der Waals surface area contributed by atoms with Crippen molar-refractivity contribution in [3.63, 3.8) is 0 Å². The smallest absolute Gasteiger partial charge is 0.273 e.